The molecule has 0 aliphatic heterocycles. The predicted molar refractivity (Wildman–Crippen MR) is 77.0 cm³/mol. The molecule has 1 atom stereocenters. The molecule has 0 amide bonds. The number of carbonyl (C=O) groups is 2. The largest absolute Gasteiger partial charge is 0.480 e. The van der Waals surface area contributed by atoms with Gasteiger partial charge in [0.1, 0.15) is 0 Å². The molecular formula is C15H29NO3. The zero-order valence-electron chi connectivity index (χ0n) is 12.6. The molecule has 0 saturated carbocycles. The molecule has 0 aromatic rings. The van der Waals surface area contributed by atoms with E-state index in [1.54, 1.807) is 0 Å². The molecule has 0 fully saturated rings. The van der Waals surface area contributed by atoms with E-state index >= 15 is 0 Å². The lowest BCUT2D eigenvalue weighted by molar-refractivity contribution is -0.149. The summed E-state index contributed by atoms with van der Waals surface area (Å²) in [6.07, 6.45) is 6.91. The molecule has 0 heterocycles. The summed E-state index contributed by atoms with van der Waals surface area (Å²) < 4.78 is 0. The Morgan fingerprint density at radius 2 is 1.63 bits per heavy atom. The first-order valence-electron chi connectivity index (χ1n) is 7.40. The van der Waals surface area contributed by atoms with Crippen molar-refractivity contribution in [3.8, 4) is 0 Å². The first-order chi connectivity index (χ1) is 8.84. The quantitative estimate of drug-likeness (QED) is 0.447. The molecule has 112 valence electrons. The van der Waals surface area contributed by atoms with Crippen LogP contribution >= 0.6 is 0 Å². The molecule has 0 aromatic carbocycles. The van der Waals surface area contributed by atoms with E-state index in [0.29, 0.717) is 0 Å². The number of carboxylic acids is 1. The summed E-state index contributed by atoms with van der Waals surface area (Å²) in [5, 5.41) is 9.18. The number of Topliss-reactive ketones (excluding diaryl/α,β-unsaturated/α-hetero) is 1. The van der Waals surface area contributed by atoms with E-state index in [9.17, 15) is 14.7 Å². The van der Waals surface area contributed by atoms with Crippen molar-refractivity contribution < 1.29 is 14.7 Å². The van der Waals surface area contributed by atoms with E-state index in [1.165, 1.54) is 19.3 Å². The van der Waals surface area contributed by atoms with Crippen LogP contribution in [-0.2, 0) is 9.59 Å². The van der Waals surface area contributed by atoms with Crippen LogP contribution in [0, 0.1) is 5.92 Å². The summed E-state index contributed by atoms with van der Waals surface area (Å²) in [4.78, 5) is 23.3. The number of hydrogen-bond donors (Lipinski definition) is 2. The van der Waals surface area contributed by atoms with Gasteiger partial charge in [0.05, 0.1) is 0 Å². The number of carbonyl (C=O) groups excluding carboxylic acids is 1. The number of hydrogen-bond acceptors (Lipinski definition) is 3. The van der Waals surface area contributed by atoms with Gasteiger partial charge in [-0.05, 0) is 18.8 Å². The Kier molecular flexibility index (Phi) is 8.65. The lowest BCUT2D eigenvalue weighted by Gasteiger charge is -2.25. The second-order valence-electron chi connectivity index (χ2n) is 5.82. The highest BCUT2D eigenvalue weighted by Crippen LogP contribution is 2.19. The summed E-state index contributed by atoms with van der Waals surface area (Å²) >= 11 is 0. The predicted octanol–water partition coefficient (Wildman–Crippen LogP) is 3.13. The van der Waals surface area contributed by atoms with Crippen LogP contribution in [0.5, 0.6) is 0 Å². The second-order valence-corrected chi connectivity index (χ2v) is 5.82. The lowest BCUT2D eigenvalue weighted by atomic mass is 9.84. The van der Waals surface area contributed by atoms with Gasteiger partial charge in [0, 0.05) is 6.42 Å². The van der Waals surface area contributed by atoms with E-state index in [0.717, 1.165) is 19.3 Å². The topological polar surface area (TPSA) is 80.4 Å². The van der Waals surface area contributed by atoms with E-state index in [1.807, 2.05) is 13.8 Å². The third-order valence-corrected chi connectivity index (χ3v) is 3.37. The van der Waals surface area contributed by atoms with Crippen LogP contribution < -0.4 is 5.73 Å². The smallest absolute Gasteiger partial charge is 0.331 e. The maximum atomic E-state index is 12.0. The van der Waals surface area contributed by atoms with Crippen molar-refractivity contribution in [2.75, 3.05) is 0 Å². The van der Waals surface area contributed by atoms with Gasteiger partial charge in [0.25, 0.3) is 0 Å². The van der Waals surface area contributed by atoms with Crippen LogP contribution in [0.3, 0.4) is 0 Å². The molecule has 0 rings (SSSR count). The molecule has 0 radical (unpaired) electrons. The van der Waals surface area contributed by atoms with Gasteiger partial charge in [0.2, 0.25) is 0 Å². The Hall–Kier alpha value is -0.900. The molecule has 0 aliphatic carbocycles. The number of nitrogens with two attached hydrogens (primary N) is 1. The Bertz CT molecular complexity index is 289. The molecular weight excluding hydrogens is 242 g/mol. The lowest BCUT2D eigenvalue weighted by Crippen LogP contribution is -2.55. The zero-order valence-corrected chi connectivity index (χ0v) is 12.6. The molecule has 0 bridgehead atoms. The minimum Gasteiger partial charge on any atom is -0.480 e. The SMILES string of the molecule is CCCCCCCCC(=O)[C@@](N)(CC(C)C)C(=O)O. The van der Waals surface area contributed by atoms with Gasteiger partial charge < -0.3 is 10.8 Å². The minimum atomic E-state index is -1.70. The van der Waals surface area contributed by atoms with Crippen LogP contribution in [0.1, 0.15) is 72.1 Å². The molecule has 19 heavy (non-hydrogen) atoms. The highest BCUT2D eigenvalue weighted by atomic mass is 16.4. The van der Waals surface area contributed by atoms with Gasteiger partial charge in [-0.1, -0.05) is 52.9 Å². The van der Waals surface area contributed by atoms with E-state index < -0.39 is 11.5 Å². The van der Waals surface area contributed by atoms with Crippen LogP contribution in [0.15, 0.2) is 0 Å². The summed E-state index contributed by atoms with van der Waals surface area (Å²) in [6.45, 7) is 5.91. The van der Waals surface area contributed by atoms with Gasteiger partial charge in [-0.25, -0.2) is 4.79 Å². The molecule has 0 spiro atoms. The summed E-state index contributed by atoms with van der Waals surface area (Å²) in [6, 6.07) is 0. The van der Waals surface area contributed by atoms with Gasteiger partial charge in [-0.3, -0.25) is 4.79 Å². The van der Waals surface area contributed by atoms with Crippen molar-refractivity contribution in [1.82, 2.24) is 0 Å². The molecule has 3 N–H and O–H groups in total. The Balaban J connectivity index is 4.16. The number of rotatable bonds is 11. The summed E-state index contributed by atoms with van der Waals surface area (Å²) in [5.74, 6) is -1.43. The van der Waals surface area contributed by atoms with Gasteiger partial charge in [0.15, 0.2) is 11.3 Å². The highest BCUT2D eigenvalue weighted by molar-refractivity contribution is 6.07. The average molecular weight is 271 g/mol. The van der Waals surface area contributed by atoms with Gasteiger partial charge in [-0.2, -0.15) is 0 Å². The standard InChI is InChI=1S/C15H29NO3/c1-4-5-6-7-8-9-10-13(17)15(16,14(18)19)11-12(2)3/h12H,4-11,16H2,1-3H3,(H,18,19)/t15-/m0/s1. The second kappa shape index (κ2) is 9.08. The first-order valence-corrected chi connectivity index (χ1v) is 7.40. The first kappa shape index (κ1) is 18.1. The van der Waals surface area contributed by atoms with Crippen molar-refractivity contribution in [2.24, 2.45) is 11.7 Å². The minimum absolute atomic E-state index is 0.0922. The van der Waals surface area contributed by atoms with Crippen LogP contribution in [0.25, 0.3) is 0 Å². The number of aliphatic carboxylic acids is 1. The Morgan fingerprint density at radius 1 is 1.11 bits per heavy atom. The van der Waals surface area contributed by atoms with E-state index in [4.69, 9.17) is 5.73 Å². The van der Waals surface area contributed by atoms with Gasteiger partial charge >= 0.3 is 5.97 Å². The maximum Gasteiger partial charge on any atom is 0.331 e. The Labute approximate surface area is 116 Å². The molecule has 4 heteroatoms. The van der Waals surface area contributed by atoms with Crippen molar-refractivity contribution >= 4 is 11.8 Å². The van der Waals surface area contributed by atoms with Crippen molar-refractivity contribution in [1.29, 1.82) is 0 Å². The number of unbranched alkanes of at least 4 members (excludes halogenated alkanes) is 5. The van der Waals surface area contributed by atoms with Crippen molar-refractivity contribution in [2.45, 2.75) is 77.7 Å². The highest BCUT2D eigenvalue weighted by Gasteiger charge is 2.41. The molecule has 4 nitrogen and oxygen atoms in total. The van der Waals surface area contributed by atoms with Crippen LogP contribution in [0.4, 0.5) is 0 Å². The summed E-state index contributed by atoms with van der Waals surface area (Å²) in [5.41, 5.74) is 4.10. The third kappa shape index (κ3) is 6.71. The number of carboxylic acid groups (broad SMARTS) is 1. The van der Waals surface area contributed by atoms with Crippen LogP contribution in [0.2, 0.25) is 0 Å². The Morgan fingerprint density at radius 3 is 2.11 bits per heavy atom. The fourth-order valence-corrected chi connectivity index (χ4v) is 2.25. The van der Waals surface area contributed by atoms with E-state index in [2.05, 4.69) is 6.92 Å². The summed E-state index contributed by atoms with van der Waals surface area (Å²) in [7, 11) is 0. The average Bonchev–Trinajstić information content (AvgIpc) is 2.32. The fourth-order valence-electron chi connectivity index (χ4n) is 2.25. The normalized spacial score (nSPS) is 14.4. The van der Waals surface area contributed by atoms with Crippen molar-refractivity contribution in [3.05, 3.63) is 0 Å². The van der Waals surface area contributed by atoms with E-state index in [-0.39, 0.29) is 24.5 Å². The molecule has 0 aliphatic rings. The molecule has 0 aromatic heterocycles. The third-order valence-electron chi connectivity index (χ3n) is 3.37. The molecule has 0 saturated heterocycles. The fraction of sp³-hybridized carbons (Fsp3) is 0.867. The molecule has 0 unspecified atom stereocenters. The van der Waals surface area contributed by atoms with Gasteiger partial charge in [-0.15, -0.1) is 0 Å². The number of ketones is 1. The van der Waals surface area contributed by atoms with Crippen LogP contribution in [-0.4, -0.2) is 22.4 Å². The zero-order chi connectivity index (χ0) is 14.9. The van der Waals surface area contributed by atoms with Crippen molar-refractivity contribution in [3.63, 3.8) is 0 Å². The monoisotopic (exact) mass is 271 g/mol. The maximum absolute atomic E-state index is 12.0.